The van der Waals surface area contributed by atoms with Gasteiger partial charge in [-0.2, -0.15) is 0 Å². The number of furan rings is 1. The zero-order valence-electron chi connectivity index (χ0n) is 18.7. The Balaban J connectivity index is 2.09. The van der Waals surface area contributed by atoms with Crippen LogP contribution in [0.2, 0.25) is 0 Å². The van der Waals surface area contributed by atoms with Gasteiger partial charge in [0, 0.05) is 11.1 Å². The van der Waals surface area contributed by atoms with Crippen molar-refractivity contribution >= 4 is 23.9 Å². The SMILES string of the molecule is CC(C)(C)c1cc(/C=C2\C(=O)NC(=O)N(Cc3ccco3)C2=O)cc(C(C)(C)C)c1O. The van der Waals surface area contributed by atoms with Gasteiger partial charge in [-0.1, -0.05) is 41.5 Å². The molecule has 0 aliphatic carbocycles. The summed E-state index contributed by atoms with van der Waals surface area (Å²) < 4.78 is 5.23. The number of carbonyl (C=O) groups is 3. The Morgan fingerprint density at radius 2 is 1.61 bits per heavy atom. The number of phenols is 1. The quantitative estimate of drug-likeness (QED) is 0.567. The van der Waals surface area contributed by atoms with Crippen LogP contribution < -0.4 is 5.32 Å². The first kappa shape index (κ1) is 22.3. The van der Waals surface area contributed by atoms with Crippen molar-refractivity contribution < 1.29 is 23.9 Å². The standard InChI is InChI=1S/C24H28N2O5/c1-23(2,3)17-11-14(12-18(19(17)27)24(4,5)6)10-16-20(28)25-22(30)26(21(16)29)13-15-8-7-9-31-15/h7-12,27H,13H2,1-6H3,(H,25,28,30)/b16-10+. The molecular formula is C24H28N2O5. The molecule has 0 spiro atoms. The number of nitrogens with zero attached hydrogens (tertiary/aromatic N) is 1. The molecule has 1 aliphatic rings. The van der Waals surface area contributed by atoms with Gasteiger partial charge in [0.1, 0.15) is 17.1 Å². The Labute approximate surface area is 181 Å². The lowest BCUT2D eigenvalue weighted by molar-refractivity contribution is -0.130. The molecule has 3 rings (SSSR count). The summed E-state index contributed by atoms with van der Waals surface area (Å²) in [5.74, 6) is -0.829. The van der Waals surface area contributed by atoms with Crippen molar-refractivity contribution in [2.24, 2.45) is 0 Å². The minimum absolute atomic E-state index is 0.0850. The molecule has 164 valence electrons. The number of rotatable bonds is 3. The number of imide groups is 2. The predicted octanol–water partition coefficient (Wildman–Crippen LogP) is 4.24. The van der Waals surface area contributed by atoms with Crippen LogP contribution >= 0.6 is 0 Å². The minimum Gasteiger partial charge on any atom is -0.507 e. The zero-order valence-corrected chi connectivity index (χ0v) is 18.7. The first-order valence-electron chi connectivity index (χ1n) is 10.1. The average molecular weight is 424 g/mol. The van der Waals surface area contributed by atoms with Crippen LogP contribution in [-0.4, -0.2) is 27.9 Å². The van der Waals surface area contributed by atoms with Crippen LogP contribution in [0, 0.1) is 0 Å². The van der Waals surface area contributed by atoms with Crippen LogP contribution in [0.25, 0.3) is 6.08 Å². The average Bonchev–Trinajstić information content (AvgIpc) is 3.14. The molecule has 0 saturated carbocycles. The summed E-state index contributed by atoms with van der Waals surface area (Å²) in [6.07, 6.45) is 2.91. The number of aromatic hydroxyl groups is 1. The van der Waals surface area contributed by atoms with E-state index in [1.54, 1.807) is 24.3 Å². The molecule has 2 heterocycles. The van der Waals surface area contributed by atoms with Crippen LogP contribution in [0.4, 0.5) is 4.79 Å². The van der Waals surface area contributed by atoms with Gasteiger partial charge in [0.2, 0.25) is 0 Å². The molecule has 0 atom stereocenters. The lowest BCUT2D eigenvalue weighted by Crippen LogP contribution is -2.53. The minimum atomic E-state index is -0.792. The van der Waals surface area contributed by atoms with Gasteiger partial charge in [-0.3, -0.25) is 19.8 Å². The Morgan fingerprint density at radius 3 is 2.10 bits per heavy atom. The van der Waals surface area contributed by atoms with Crippen molar-refractivity contribution in [1.29, 1.82) is 0 Å². The lowest BCUT2D eigenvalue weighted by Gasteiger charge is -2.28. The molecule has 4 amide bonds. The molecular weight excluding hydrogens is 396 g/mol. The maximum atomic E-state index is 13.0. The van der Waals surface area contributed by atoms with Gasteiger partial charge in [-0.05, 0) is 46.7 Å². The van der Waals surface area contributed by atoms with E-state index in [2.05, 4.69) is 5.32 Å². The van der Waals surface area contributed by atoms with Crippen molar-refractivity contribution in [3.8, 4) is 5.75 Å². The van der Waals surface area contributed by atoms with Gasteiger partial charge in [-0.15, -0.1) is 0 Å². The summed E-state index contributed by atoms with van der Waals surface area (Å²) in [5.41, 5.74) is 1.13. The number of benzene rings is 1. The number of hydrogen-bond acceptors (Lipinski definition) is 5. The Hall–Kier alpha value is -3.35. The molecule has 1 fully saturated rings. The zero-order chi connectivity index (χ0) is 23.1. The molecule has 1 aromatic carbocycles. The fourth-order valence-corrected chi connectivity index (χ4v) is 3.45. The van der Waals surface area contributed by atoms with Crippen LogP contribution in [-0.2, 0) is 27.0 Å². The molecule has 0 bridgehead atoms. The fourth-order valence-electron chi connectivity index (χ4n) is 3.45. The molecule has 0 unspecified atom stereocenters. The largest absolute Gasteiger partial charge is 0.507 e. The highest BCUT2D eigenvalue weighted by molar-refractivity contribution is 6.30. The highest BCUT2D eigenvalue weighted by Gasteiger charge is 2.36. The first-order chi connectivity index (χ1) is 14.3. The van der Waals surface area contributed by atoms with E-state index in [0.29, 0.717) is 22.5 Å². The highest BCUT2D eigenvalue weighted by atomic mass is 16.3. The van der Waals surface area contributed by atoms with E-state index in [1.807, 2.05) is 41.5 Å². The monoisotopic (exact) mass is 424 g/mol. The van der Waals surface area contributed by atoms with Gasteiger partial charge in [0.05, 0.1) is 12.8 Å². The normalized spacial score (nSPS) is 16.8. The molecule has 1 aromatic heterocycles. The second-order valence-corrected chi connectivity index (χ2v) is 9.75. The van der Waals surface area contributed by atoms with Crippen molar-refractivity contribution in [2.75, 3.05) is 0 Å². The maximum absolute atomic E-state index is 13.0. The van der Waals surface area contributed by atoms with E-state index in [0.717, 1.165) is 4.90 Å². The Morgan fingerprint density at radius 1 is 1.03 bits per heavy atom. The van der Waals surface area contributed by atoms with E-state index < -0.39 is 17.8 Å². The van der Waals surface area contributed by atoms with Gasteiger partial charge in [-0.25, -0.2) is 4.79 Å². The summed E-state index contributed by atoms with van der Waals surface area (Å²) in [7, 11) is 0. The third-order valence-electron chi connectivity index (χ3n) is 5.14. The second kappa shape index (κ2) is 7.72. The van der Waals surface area contributed by atoms with Gasteiger partial charge >= 0.3 is 6.03 Å². The topological polar surface area (TPSA) is 99.9 Å². The third-order valence-corrected chi connectivity index (χ3v) is 5.14. The number of nitrogens with one attached hydrogen (secondary N) is 1. The van der Waals surface area contributed by atoms with E-state index in [4.69, 9.17) is 4.42 Å². The molecule has 7 nitrogen and oxygen atoms in total. The highest BCUT2D eigenvalue weighted by Crippen LogP contribution is 2.40. The van der Waals surface area contributed by atoms with E-state index in [1.165, 1.54) is 12.3 Å². The molecule has 1 aliphatic heterocycles. The maximum Gasteiger partial charge on any atom is 0.331 e. The van der Waals surface area contributed by atoms with Gasteiger partial charge < -0.3 is 9.52 Å². The number of urea groups is 1. The van der Waals surface area contributed by atoms with E-state index >= 15 is 0 Å². The summed E-state index contributed by atoms with van der Waals surface area (Å²) in [4.78, 5) is 38.6. The molecule has 0 radical (unpaired) electrons. The van der Waals surface area contributed by atoms with Crippen LogP contribution in [0.15, 0.2) is 40.5 Å². The number of phenolic OH excluding ortho intramolecular Hbond substituents is 1. The van der Waals surface area contributed by atoms with Crippen molar-refractivity contribution in [2.45, 2.75) is 58.9 Å². The Kier molecular flexibility index (Phi) is 5.56. The van der Waals surface area contributed by atoms with Gasteiger partial charge in [0.25, 0.3) is 11.8 Å². The van der Waals surface area contributed by atoms with Crippen LogP contribution in [0.1, 0.15) is 64.0 Å². The van der Waals surface area contributed by atoms with Gasteiger partial charge in [0.15, 0.2) is 0 Å². The molecule has 7 heteroatoms. The number of carbonyl (C=O) groups excluding carboxylic acids is 3. The lowest BCUT2D eigenvalue weighted by atomic mass is 9.78. The van der Waals surface area contributed by atoms with Crippen LogP contribution in [0.3, 0.4) is 0 Å². The summed E-state index contributed by atoms with van der Waals surface area (Å²) in [6, 6.07) is 6.05. The van der Waals surface area contributed by atoms with Crippen molar-refractivity contribution in [1.82, 2.24) is 10.2 Å². The Bertz CT molecular complexity index is 1030. The summed E-state index contributed by atoms with van der Waals surface area (Å²) >= 11 is 0. The molecule has 2 aromatic rings. The molecule has 2 N–H and O–H groups in total. The number of hydrogen-bond donors (Lipinski definition) is 2. The molecule has 1 saturated heterocycles. The van der Waals surface area contributed by atoms with E-state index in [9.17, 15) is 19.5 Å². The first-order valence-corrected chi connectivity index (χ1v) is 10.1. The predicted molar refractivity (Wildman–Crippen MR) is 116 cm³/mol. The number of barbiturate groups is 1. The van der Waals surface area contributed by atoms with E-state index in [-0.39, 0.29) is 28.7 Å². The third kappa shape index (κ3) is 4.55. The smallest absolute Gasteiger partial charge is 0.331 e. The molecule has 31 heavy (non-hydrogen) atoms. The van der Waals surface area contributed by atoms with Crippen LogP contribution in [0.5, 0.6) is 5.75 Å². The second-order valence-electron chi connectivity index (χ2n) is 9.75. The summed E-state index contributed by atoms with van der Waals surface area (Å²) in [5, 5.41) is 13.1. The number of amides is 4. The summed E-state index contributed by atoms with van der Waals surface area (Å²) in [6.45, 7) is 11.8. The van der Waals surface area contributed by atoms with Crippen molar-refractivity contribution in [3.63, 3.8) is 0 Å². The van der Waals surface area contributed by atoms with Crippen molar-refractivity contribution in [3.05, 3.63) is 58.6 Å². The fraction of sp³-hybridized carbons (Fsp3) is 0.375.